The van der Waals surface area contributed by atoms with Gasteiger partial charge in [-0.15, -0.1) is 24.8 Å². The topological polar surface area (TPSA) is 73.9 Å². The number of likely N-dealkylation sites (N-methyl/N-ethyl adjacent to an activating group) is 1. The normalized spacial score (nSPS) is 22.6. The molecular formula is C19H30Cl2N4O3. The molecule has 3 rings (SSSR count). The van der Waals surface area contributed by atoms with Crippen LogP contribution < -0.4 is 10.6 Å². The summed E-state index contributed by atoms with van der Waals surface area (Å²) >= 11 is 0. The minimum Gasteiger partial charge on any atom is -0.375 e. The second kappa shape index (κ2) is 11.6. The Morgan fingerprint density at radius 3 is 2.39 bits per heavy atom. The van der Waals surface area contributed by atoms with Crippen molar-refractivity contribution < 1.29 is 14.3 Å². The van der Waals surface area contributed by atoms with Crippen LogP contribution in [0.2, 0.25) is 0 Å². The van der Waals surface area contributed by atoms with Crippen molar-refractivity contribution in [2.75, 3.05) is 46.4 Å². The van der Waals surface area contributed by atoms with Crippen molar-refractivity contribution in [3.63, 3.8) is 0 Å². The van der Waals surface area contributed by atoms with Gasteiger partial charge in [0.1, 0.15) is 6.04 Å². The standard InChI is InChI=1S/C19H28N4O3.2ClH/c1-14-17(20-7-12-26-14)18(24)21-13-15-3-5-16(6-4-15)19(25)23-10-8-22(2)9-11-23;;/h3-6,14,17,20H,7-13H2,1-2H3,(H,21,24);2*1H/t14-,17+;;/m1../s1. The molecule has 0 bridgehead atoms. The second-order valence-electron chi connectivity index (χ2n) is 7.02. The third-order valence-electron chi connectivity index (χ3n) is 5.06. The van der Waals surface area contributed by atoms with Gasteiger partial charge in [-0.25, -0.2) is 0 Å². The van der Waals surface area contributed by atoms with Crippen LogP contribution in [0.1, 0.15) is 22.8 Å². The molecule has 2 amide bonds. The Labute approximate surface area is 179 Å². The zero-order valence-electron chi connectivity index (χ0n) is 16.3. The van der Waals surface area contributed by atoms with Gasteiger partial charge < -0.3 is 25.2 Å². The molecule has 1 aromatic carbocycles. The summed E-state index contributed by atoms with van der Waals surface area (Å²) < 4.78 is 5.50. The summed E-state index contributed by atoms with van der Waals surface area (Å²) in [5.74, 6) is 0.0147. The van der Waals surface area contributed by atoms with E-state index < -0.39 is 0 Å². The van der Waals surface area contributed by atoms with E-state index in [0.29, 0.717) is 25.3 Å². The van der Waals surface area contributed by atoms with Gasteiger partial charge in [0, 0.05) is 44.8 Å². The Bertz CT molecular complexity index is 637. The Balaban J connectivity index is 0.00000196. The molecule has 0 spiro atoms. The Morgan fingerprint density at radius 2 is 1.79 bits per heavy atom. The molecule has 0 saturated carbocycles. The lowest BCUT2D eigenvalue weighted by Crippen LogP contribution is -2.55. The van der Waals surface area contributed by atoms with Crippen LogP contribution in [0.5, 0.6) is 0 Å². The van der Waals surface area contributed by atoms with Gasteiger partial charge in [-0.05, 0) is 31.7 Å². The SMILES string of the molecule is C[C@H]1OCCN[C@@H]1C(=O)NCc1ccc(C(=O)N2CCN(C)CC2)cc1.Cl.Cl. The average molecular weight is 433 g/mol. The van der Waals surface area contributed by atoms with Crippen LogP contribution in [0.4, 0.5) is 0 Å². The van der Waals surface area contributed by atoms with Crippen molar-refractivity contribution in [2.45, 2.75) is 25.6 Å². The van der Waals surface area contributed by atoms with E-state index in [0.717, 1.165) is 31.7 Å². The quantitative estimate of drug-likeness (QED) is 0.739. The van der Waals surface area contributed by atoms with E-state index in [1.54, 1.807) is 0 Å². The zero-order valence-corrected chi connectivity index (χ0v) is 18.0. The summed E-state index contributed by atoms with van der Waals surface area (Å²) in [6, 6.07) is 7.16. The van der Waals surface area contributed by atoms with Gasteiger partial charge >= 0.3 is 0 Å². The fourth-order valence-electron chi connectivity index (χ4n) is 3.28. The second-order valence-corrected chi connectivity index (χ2v) is 7.02. The number of hydrogen-bond acceptors (Lipinski definition) is 5. The first-order valence-electron chi connectivity index (χ1n) is 9.24. The smallest absolute Gasteiger partial charge is 0.253 e. The van der Waals surface area contributed by atoms with Crippen molar-refractivity contribution in [2.24, 2.45) is 0 Å². The number of carbonyl (C=O) groups is 2. The molecule has 158 valence electrons. The number of hydrogen-bond donors (Lipinski definition) is 2. The van der Waals surface area contributed by atoms with E-state index >= 15 is 0 Å². The molecule has 2 saturated heterocycles. The summed E-state index contributed by atoms with van der Waals surface area (Å²) in [5.41, 5.74) is 1.67. The maximum atomic E-state index is 12.5. The van der Waals surface area contributed by atoms with Crippen LogP contribution in [0.15, 0.2) is 24.3 Å². The Morgan fingerprint density at radius 1 is 1.14 bits per heavy atom. The molecular weight excluding hydrogens is 403 g/mol. The predicted molar refractivity (Wildman–Crippen MR) is 113 cm³/mol. The number of ether oxygens (including phenoxy) is 1. The van der Waals surface area contributed by atoms with Gasteiger partial charge in [0.2, 0.25) is 5.91 Å². The lowest BCUT2D eigenvalue weighted by Gasteiger charge is -2.32. The van der Waals surface area contributed by atoms with Crippen molar-refractivity contribution in [1.82, 2.24) is 20.4 Å². The number of amides is 2. The number of nitrogens with zero attached hydrogens (tertiary/aromatic N) is 2. The Hall–Kier alpha value is -1.38. The van der Waals surface area contributed by atoms with Gasteiger partial charge in [-0.3, -0.25) is 9.59 Å². The monoisotopic (exact) mass is 432 g/mol. The van der Waals surface area contributed by atoms with E-state index in [-0.39, 0.29) is 48.8 Å². The first-order valence-corrected chi connectivity index (χ1v) is 9.24. The zero-order chi connectivity index (χ0) is 18.5. The molecule has 2 aliphatic heterocycles. The van der Waals surface area contributed by atoms with Crippen molar-refractivity contribution in [3.05, 3.63) is 35.4 Å². The van der Waals surface area contributed by atoms with E-state index in [9.17, 15) is 9.59 Å². The number of nitrogens with one attached hydrogen (secondary N) is 2. The number of halogens is 2. The fraction of sp³-hybridized carbons (Fsp3) is 0.579. The number of benzene rings is 1. The van der Waals surface area contributed by atoms with E-state index in [1.165, 1.54) is 0 Å². The average Bonchev–Trinajstić information content (AvgIpc) is 2.67. The summed E-state index contributed by atoms with van der Waals surface area (Å²) in [4.78, 5) is 28.9. The molecule has 0 aromatic heterocycles. The van der Waals surface area contributed by atoms with E-state index in [1.807, 2.05) is 36.1 Å². The van der Waals surface area contributed by atoms with Gasteiger partial charge in [-0.1, -0.05) is 12.1 Å². The minimum absolute atomic E-state index is 0. The molecule has 2 aliphatic rings. The first-order chi connectivity index (χ1) is 12.5. The van der Waals surface area contributed by atoms with Crippen LogP contribution in [-0.2, 0) is 16.1 Å². The van der Waals surface area contributed by atoms with Crippen LogP contribution in [0.25, 0.3) is 0 Å². The maximum absolute atomic E-state index is 12.5. The minimum atomic E-state index is -0.318. The summed E-state index contributed by atoms with van der Waals surface area (Å²) in [6.45, 7) is 7.01. The molecule has 0 unspecified atom stereocenters. The van der Waals surface area contributed by atoms with E-state index in [2.05, 4.69) is 22.6 Å². The summed E-state index contributed by atoms with van der Waals surface area (Å²) in [7, 11) is 2.07. The van der Waals surface area contributed by atoms with Crippen molar-refractivity contribution in [3.8, 4) is 0 Å². The molecule has 2 atom stereocenters. The highest BCUT2D eigenvalue weighted by molar-refractivity contribution is 5.94. The molecule has 0 radical (unpaired) electrons. The molecule has 2 heterocycles. The van der Waals surface area contributed by atoms with Crippen LogP contribution in [-0.4, -0.2) is 80.1 Å². The maximum Gasteiger partial charge on any atom is 0.253 e. The van der Waals surface area contributed by atoms with E-state index in [4.69, 9.17) is 4.74 Å². The number of rotatable bonds is 4. The van der Waals surface area contributed by atoms with Crippen molar-refractivity contribution >= 4 is 36.6 Å². The molecule has 0 aliphatic carbocycles. The largest absolute Gasteiger partial charge is 0.375 e. The van der Waals surface area contributed by atoms with Gasteiger partial charge in [0.15, 0.2) is 0 Å². The van der Waals surface area contributed by atoms with Crippen LogP contribution >= 0.6 is 24.8 Å². The molecule has 2 N–H and O–H groups in total. The van der Waals surface area contributed by atoms with Gasteiger partial charge in [-0.2, -0.15) is 0 Å². The molecule has 2 fully saturated rings. The number of morpholine rings is 1. The van der Waals surface area contributed by atoms with Crippen molar-refractivity contribution in [1.29, 1.82) is 0 Å². The highest BCUT2D eigenvalue weighted by Crippen LogP contribution is 2.10. The molecule has 1 aromatic rings. The lowest BCUT2D eigenvalue weighted by atomic mass is 10.1. The van der Waals surface area contributed by atoms with Gasteiger partial charge in [0.05, 0.1) is 12.7 Å². The number of piperazine rings is 1. The Kier molecular flexibility index (Phi) is 10.2. The predicted octanol–water partition coefficient (Wildman–Crippen LogP) is 0.911. The first kappa shape index (κ1) is 24.7. The fourth-order valence-corrected chi connectivity index (χ4v) is 3.28. The summed E-state index contributed by atoms with van der Waals surface area (Å²) in [6.07, 6.45) is -0.132. The molecule has 7 nitrogen and oxygen atoms in total. The highest BCUT2D eigenvalue weighted by Gasteiger charge is 2.28. The third-order valence-corrected chi connectivity index (χ3v) is 5.06. The van der Waals surface area contributed by atoms with Crippen LogP contribution in [0.3, 0.4) is 0 Å². The summed E-state index contributed by atoms with van der Waals surface area (Å²) in [5, 5.41) is 6.11. The number of carbonyl (C=O) groups excluding carboxylic acids is 2. The van der Waals surface area contributed by atoms with Crippen LogP contribution in [0, 0.1) is 0 Å². The molecule has 28 heavy (non-hydrogen) atoms. The third kappa shape index (κ3) is 6.32. The van der Waals surface area contributed by atoms with Gasteiger partial charge in [0.25, 0.3) is 5.91 Å². The molecule has 9 heteroatoms. The lowest BCUT2D eigenvalue weighted by molar-refractivity contribution is -0.129. The highest BCUT2D eigenvalue weighted by atomic mass is 35.5.